The van der Waals surface area contributed by atoms with Gasteiger partial charge in [0.15, 0.2) is 0 Å². The number of carbonyl (C=O) groups is 1. The van der Waals surface area contributed by atoms with E-state index in [4.69, 9.17) is 4.42 Å². The molecule has 1 amide bonds. The smallest absolute Gasteiger partial charge is 0.243 e. The number of hydrazone groups is 1. The molecule has 0 aliphatic heterocycles. The van der Waals surface area contributed by atoms with Crippen molar-refractivity contribution in [2.45, 2.75) is 12.8 Å². The molecule has 0 saturated heterocycles. The van der Waals surface area contributed by atoms with Crippen LogP contribution < -0.4 is 5.43 Å². The van der Waals surface area contributed by atoms with Crippen LogP contribution in [0.15, 0.2) is 27.9 Å². The first-order valence-electron chi connectivity index (χ1n) is 4.22. The Morgan fingerprint density at radius 1 is 1.69 bits per heavy atom. The number of nitrogens with one attached hydrogen (secondary N) is 1. The van der Waals surface area contributed by atoms with Crippen molar-refractivity contribution < 1.29 is 9.21 Å². The van der Waals surface area contributed by atoms with Crippen LogP contribution in [-0.4, -0.2) is 12.1 Å². The average Bonchev–Trinajstić information content (AvgIpc) is 2.86. The van der Waals surface area contributed by atoms with E-state index < -0.39 is 0 Å². The first-order valence-corrected chi connectivity index (χ1v) is 4.22. The molecule has 0 radical (unpaired) electrons. The average molecular weight is 178 g/mol. The van der Waals surface area contributed by atoms with E-state index in [0.29, 0.717) is 5.76 Å². The maximum Gasteiger partial charge on any atom is 0.243 e. The van der Waals surface area contributed by atoms with Gasteiger partial charge in [-0.3, -0.25) is 4.79 Å². The second-order valence-corrected chi connectivity index (χ2v) is 3.02. The van der Waals surface area contributed by atoms with Crippen molar-refractivity contribution in [2.24, 2.45) is 11.0 Å². The van der Waals surface area contributed by atoms with Crippen molar-refractivity contribution in [3.8, 4) is 0 Å². The summed E-state index contributed by atoms with van der Waals surface area (Å²) in [5.41, 5.74) is 2.45. The molecular weight excluding hydrogens is 168 g/mol. The lowest BCUT2D eigenvalue weighted by molar-refractivity contribution is -0.122. The molecule has 0 atom stereocenters. The Labute approximate surface area is 75.6 Å². The summed E-state index contributed by atoms with van der Waals surface area (Å²) in [6.45, 7) is 0. The zero-order valence-corrected chi connectivity index (χ0v) is 7.06. The highest BCUT2D eigenvalue weighted by Gasteiger charge is 2.29. The van der Waals surface area contributed by atoms with Crippen LogP contribution in [0.3, 0.4) is 0 Å². The first-order chi connectivity index (χ1) is 6.36. The van der Waals surface area contributed by atoms with Crippen molar-refractivity contribution in [1.29, 1.82) is 0 Å². The fourth-order valence-electron chi connectivity index (χ4n) is 0.961. The Morgan fingerprint density at radius 2 is 2.54 bits per heavy atom. The van der Waals surface area contributed by atoms with Gasteiger partial charge in [0.25, 0.3) is 0 Å². The van der Waals surface area contributed by atoms with Gasteiger partial charge >= 0.3 is 0 Å². The summed E-state index contributed by atoms with van der Waals surface area (Å²) in [4.78, 5) is 11.1. The maximum absolute atomic E-state index is 11.1. The van der Waals surface area contributed by atoms with E-state index in [1.807, 2.05) is 0 Å². The molecule has 1 aromatic rings. The minimum Gasteiger partial charge on any atom is -0.463 e. The molecule has 1 aliphatic carbocycles. The van der Waals surface area contributed by atoms with Gasteiger partial charge in [-0.05, 0) is 25.0 Å². The molecule has 0 bridgehead atoms. The molecule has 1 fully saturated rings. The van der Waals surface area contributed by atoms with Gasteiger partial charge in [0.2, 0.25) is 5.91 Å². The molecule has 1 aromatic heterocycles. The Balaban J connectivity index is 1.81. The number of amides is 1. The molecule has 1 aliphatic rings. The van der Waals surface area contributed by atoms with Gasteiger partial charge in [0.1, 0.15) is 5.76 Å². The number of hydrogen-bond donors (Lipinski definition) is 1. The number of rotatable bonds is 3. The van der Waals surface area contributed by atoms with E-state index in [0.717, 1.165) is 12.8 Å². The fourth-order valence-corrected chi connectivity index (χ4v) is 0.961. The van der Waals surface area contributed by atoms with Gasteiger partial charge in [-0.2, -0.15) is 5.10 Å². The van der Waals surface area contributed by atoms with E-state index in [2.05, 4.69) is 10.5 Å². The number of carbonyl (C=O) groups excluding carboxylic acids is 1. The zero-order chi connectivity index (χ0) is 9.10. The number of nitrogens with zero attached hydrogens (tertiary/aromatic N) is 1. The third-order valence-electron chi connectivity index (χ3n) is 1.86. The van der Waals surface area contributed by atoms with E-state index in [1.54, 1.807) is 18.4 Å². The van der Waals surface area contributed by atoms with Crippen molar-refractivity contribution in [3.63, 3.8) is 0 Å². The molecule has 2 rings (SSSR count). The van der Waals surface area contributed by atoms with Gasteiger partial charge in [-0.1, -0.05) is 0 Å². The fraction of sp³-hybridized carbons (Fsp3) is 0.333. The minimum atomic E-state index is 0.00260. The van der Waals surface area contributed by atoms with Crippen molar-refractivity contribution in [2.75, 3.05) is 0 Å². The van der Waals surface area contributed by atoms with Crippen LogP contribution in [0.1, 0.15) is 18.6 Å². The molecular formula is C9H10N2O2. The highest BCUT2D eigenvalue weighted by Crippen LogP contribution is 2.28. The summed E-state index contributed by atoms with van der Waals surface area (Å²) < 4.78 is 4.99. The van der Waals surface area contributed by atoms with Crippen molar-refractivity contribution in [3.05, 3.63) is 24.2 Å². The third kappa shape index (κ3) is 2.18. The van der Waals surface area contributed by atoms with E-state index in [1.165, 1.54) is 6.21 Å². The molecule has 68 valence electrons. The standard InChI is InChI=1S/C9H10N2O2/c12-9(7-3-4-7)11-10-6-8-2-1-5-13-8/h1-2,5-7H,3-4H2,(H,11,12). The van der Waals surface area contributed by atoms with Crippen LogP contribution in [0.2, 0.25) is 0 Å². The van der Waals surface area contributed by atoms with Gasteiger partial charge in [-0.25, -0.2) is 5.43 Å². The highest BCUT2D eigenvalue weighted by atomic mass is 16.3. The molecule has 13 heavy (non-hydrogen) atoms. The summed E-state index contributed by atoms with van der Waals surface area (Å²) in [6.07, 6.45) is 5.02. The van der Waals surface area contributed by atoms with Gasteiger partial charge in [0.05, 0.1) is 12.5 Å². The van der Waals surface area contributed by atoms with Crippen LogP contribution >= 0.6 is 0 Å². The van der Waals surface area contributed by atoms with Gasteiger partial charge in [-0.15, -0.1) is 0 Å². The maximum atomic E-state index is 11.1. The van der Waals surface area contributed by atoms with Crippen LogP contribution in [0.4, 0.5) is 0 Å². The lowest BCUT2D eigenvalue weighted by Gasteiger charge is -1.93. The lowest BCUT2D eigenvalue weighted by Crippen LogP contribution is -2.18. The Kier molecular flexibility index (Phi) is 2.12. The minimum absolute atomic E-state index is 0.00260. The van der Waals surface area contributed by atoms with Crippen LogP contribution in [0, 0.1) is 5.92 Å². The summed E-state index contributed by atoms with van der Waals surface area (Å²) in [5, 5.41) is 3.76. The number of furan rings is 1. The predicted molar refractivity (Wildman–Crippen MR) is 47.2 cm³/mol. The molecule has 0 unspecified atom stereocenters. The largest absolute Gasteiger partial charge is 0.463 e. The third-order valence-corrected chi connectivity index (χ3v) is 1.86. The van der Waals surface area contributed by atoms with Crippen molar-refractivity contribution >= 4 is 12.1 Å². The lowest BCUT2D eigenvalue weighted by atomic mass is 10.4. The Bertz CT molecular complexity index is 312. The van der Waals surface area contributed by atoms with Gasteiger partial charge < -0.3 is 4.42 Å². The first kappa shape index (κ1) is 8.04. The molecule has 4 nitrogen and oxygen atoms in total. The normalized spacial score (nSPS) is 16.3. The van der Waals surface area contributed by atoms with Crippen LogP contribution in [-0.2, 0) is 4.79 Å². The Morgan fingerprint density at radius 3 is 3.15 bits per heavy atom. The second-order valence-electron chi connectivity index (χ2n) is 3.02. The van der Waals surface area contributed by atoms with Crippen molar-refractivity contribution in [1.82, 2.24) is 5.43 Å². The van der Waals surface area contributed by atoms with Gasteiger partial charge in [0, 0.05) is 5.92 Å². The molecule has 1 saturated carbocycles. The Hall–Kier alpha value is -1.58. The molecule has 0 spiro atoms. The topological polar surface area (TPSA) is 54.6 Å². The van der Waals surface area contributed by atoms with E-state index in [9.17, 15) is 4.79 Å². The monoisotopic (exact) mass is 178 g/mol. The molecule has 4 heteroatoms. The predicted octanol–water partition coefficient (Wildman–Crippen LogP) is 1.14. The number of hydrogen-bond acceptors (Lipinski definition) is 3. The molecule has 1 heterocycles. The quantitative estimate of drug-likeness (QED) is 0.557. The van der Waals surface area contributed by atoms with Crippen LogP contribution in [0.25, 0.3) is 0 Å². The SMILES string of the molecule is O=C(NN=Cc1ccco1)C1CC1. The highest BCUT2D eigenvalue weighted by molar-refractivity contribution is 5.83. The molecule has 1 N–H and O–H groups in total. The molecule has 0 aromatic carbocycles. The van der Waals surface area contributed by atoms with Crippen LogP contribution in [0.5, 0.6) is 0 Å². The second kappa shape index (κ2) is 3.43. The summed E-state index contributed by atoms with van der Waals surface area (Å²) in [5.74, 6) is 0.827. The summed E-state index contributed by atoms with van der Waals surface area (Å²) >= 11 is 0. The van der Waals surface area contributed by atoms with E-state index >= 15 is 0 Å². The summed E-state index contributed by atoms with van der Waals surface area (Å²) in [7, 11) is 0. The zero-order valence-electron chi connectivity index (χ0n) is 7.06. The van der Waals surface area contributed by atoms with E-state index in [-0.39, 0.29) is 11.8 Å². The summed E-state index contributed by atoms with van der Waals surface area (Å²) in [6, 6.07) is 3.54.